The van der Waals surface area contributed by atoms with E-state index in [0.717, 1.165) is 18.3 Å². The zero-order chi connectivity index (χ0) is 27.2. The van der Waals surface area contributed by atoms with E-state index in [4.69, 9.17) is 10.8 Å². The van der Waals surface area contributed by atoms with Gasteiger partial charge in [0, 0.05) is 18.6 Å². The minimum absolute atomic E-state index is 0.00928. The van der Waals surface area contributed by atoms with Crippen molar-refractivity contribution in [1.82, 2.24) is 15.6 Å². The van der Waals surface area contributed by atoms with Gasteiger partial charge in [0.2, 0.25) is 5.91 Å². The van der Waals surface area contributed by atoms with Crippen molar-refractivity contribution in [3.05, 3.63) is 77.9 Å². The lowest BCUT2D eigenvalue weighted by Crippen LogP contribution is -2.49. The maximum atomic E-state index is 13.4. The summed E-state index contributed by atoms with van der Waals surface area (Å²) in [4.78, 5) is 43.9. The summed E-state index contributed by atoms with van der Waals surface area (Å²) in [5.41, 5.74) is 3.09. The number of carboxylic acids is 1. The number of hydrogen-bond acceptors (Lipinski definition) is 7. The fraction of sp³-hybridized carbons (Fsp3) is 0.208. The summed E-state index contributed by atoms with van der Waals surface area (Å²) >= 11 is 0. The molecule has 37 heavy (non-hydrogen) atoms. The Kier molecular flexibility index (Phi) is 7.95. The van der Waals surface area contributed by atoms with Gasteiger partial charge < -0.3 is 26.8 Å². The Morgan fingerprint density at radius 1 is 1.22 bits per heavy atom. The zero-order valence-electron chi connectivity index (χ0n) is 19.3. The summed E-state index contributed by atoms with van der Waals surface area (Å²) in [6.45, 7) is 3.42. The monoisotopic (exact) mass is 516 g/mol. The van der Waals surface area contributed by atoms with E-state index in [1.807, 2.05) is 0 Å². The molecule has 1 aliphatic carbocycles. The second-order valence-corrected chi connectivity index (χ2v) is 8.03. The molecule has 1 aromatic heterocycles. The van der Waals surface area contributed by atoms with Gasteiger partial charge in [-0.1, -0.05) is 6.58 Å². The molecule has 13 heteroatoms. The summed E-state index contributed by atoms with van der Waals surface area (Å²) in [5.74, 6) is -2.46. The number of anilines is 2. The topological polar surface area (TPSA) is 159 Å². The zero-order valence-corrected chi connectivity index (χ0v) is 19.3. The number of carboxylic acid groups (broad SMARTS) is 1. The fourth-order valence-corrected chi connectivity index (χ4v) is 3.25. The van der Waals surface area contributed by atoms with Gasteiger partial charge in [-0.25, -0.2) is 4.79 Å². The summed E-state index contributed by atoms with van der Waals surface area (Å²) in [5, 5.41) is 16.9. The molecule has 0 bridgehead atoms. The Balaban J connectivity index is 1.62. The van der Waals surface area contributed by atoms with Gasteiger partial charge in [-0.2, -0.15) is 13.2 Å². The van der Waals surface area contributed by atoms with Crippen LogP contribution in [0.15, 0.2) is 66.1 Å². The van der Waals surface area contributed by atoms with Crippen molar-refractivity contribution in [2.24, 2.45) is 10.7 Å². The van der Waals surface area contributed by atoms with E-state index in [9.17, 15) is 27.6 Å². The van der Waals surface area contributed by atoms with E-state index in [0.29, 0.717) is 24.6 Å². The van der Waals surface area contributed by atoms with E-state index in [1.165, 1.54) is 30.7 Å². The molecule has 6 N–H and O–H groups in total. The van der Waals surface area contributed by atoms with Crippen molar-refractivity contribution in [3.63, 3.8) is 0 Å². The Labute approximate surface area is 209 Å². The number of benzene rings is 1. The fourth-order valence-electron chi connectivity index (χ4n) is 3.25. The first-order valence-electron chi connectivity index (χ1n) is 10.8. The number of halogens is 3. The second kappa shape index (κ2) is 10.9. The van der Waals surface area contributed by atoms with Crippen molar-refractivity contribution >= 4 is 35.4 Å². The number of rotatable bonds is 10. The van der Waals surface area contributed by atoms with E-state index >= 15 is 0 Å². The molecule has 3 rings (SSSR count). The van der Waals surface area contributed by atoms with Crippen LogP contribution in [0.25, 0.3) is 0 Å². The Morgan fingerprint density at radius 2 is 1.95 bits per heavy atom. The number of aromatic nitrogens is 1. The number of pyridine rings is 1. The van der Waals surface area contributed by atoms with Gasteiger partial charge in [-0.05, 0) is 43.2 Å². The number of nitrogens with zero attached hydrogens (tertiary/aromatic N) is 2. The molecule has 1 fully saturated rings. The Hall–Kier alpha value is -4.68. The third kappa shape index (κ3) is 6.72. The Bertz CT molecular complexity index is 1270. The highest BCUT2D eigenvalue weighted by Gasteiger charge is 2.51. The van der Waals surface area contributed by atoms with Crippen LogP contribution in [-0.2, 0) is 22.3 Å². The van der Waals surface area contributed by atoms with Crippen LogP contribution in [0.3, 0.4) is 0 Å². The molecule has 0 unspecified atom stereocenters. The quantitative estimate of drug-likeness (QED) is 0.240. The number of carbonyl (C=O) groups excluding carboxylic acids is 2. The molecule has 0 radical (unpaired) electrons. The first-order valence-corrected chi connectivity index (χ1v) is 10.8. The van der Waals surface area contributed by atoms with Gasteiger partial charge >= 0.3 is 12.1 Å². The molecule has 1 heterocycles. The summed E-state index contributed by atoms with van der Waals surface area (Å²) < 4.78 is 40.2. The van der Waals surface area contributed by atoms with Gasteiger partial charge in [0.15, 0.2) is 0 Å². The molecule has 10 nitrogen and oxygen atoms in total. The summed E-state index contributed by atoms with van der Waals surface area (Å²) in [7, 11) is 0. The van der Waals surface area contributed by atoms with Crippen LogP contribution < -0.4 is 21.7 Å². The Morgan fingerprint density at radius 3 is 2.49 bits per heavy atom. The highest BCUT2D eigenvalue weighted by atomic mass is 19.4. The molecule has 0 aliphatic heterocycles. The third-order valence-corrected chi connectivity index (χ3v) is 5.40. The standard InChI is InChI=1S/C24H23F3N6O4/c1-2-29-11-15(10-28)20(34)33-23(7-8-23)22(37)31-12-16-4-5-17(13-30-16)32-19-6-3-14(21(35)36)9-18(19)24(25,26)27/h2-6,9-11,13,32H,1,7-8,12,28H2,(H,31,37)(H,33,34)(H,35,36)/b15-10+,29-11?. The van der Waals surface area contributed by atoms with Crippen LogP contribution in [0, 0.1) is 0 Å². The molecule has 194 valence electrons. The lowest BCUT2D eigenvalue weighted by molar-refractivity contribution is -0.137. The average molecular weight is 516 g/mol. The molecule has 2 amide bonds. The van der Waals surface area contributed by atoms with Crippen molar-refractivity contribution in [2.75, 3.05) is 5.32 Å². The molecular weight excluding hydrogens is 493 g/mol. The van der Waals surface area contributed by atoms with Gasteiger partial charge in [0.25, 0.3) is 5.91 Å². The smallest absolute Gasteiger partial charge is 0.418 e. The number of nitrogens with two attached hydrogens (primary N) is 1. The molecule has 0 atom stereocenters. The number of aromatic carboxylic acids is 1. The number of amides is 2. The van der Waals surface area contributed by atoms with Crippen LogP contribution in [0.1, 0.15) is 34.5 Å². The number of alkyl halides is 3. The van der Waals surface area contributed by atoms with E-state index < -0.39 is 40.6 Å². The molecule has 1 aliphatic rings. The predicted octanol–water partition coefficient (Wildman–Crippen LogP) is 2.86. The van der Waals surface area contributed by atoms with Crippen LogP contribution in [0.2, 0.25) is 0 Å². The highest BCUT2D eigenvalue weighted by Crippen LogP contribution is 2.37. The van der Waals surface area contributed by atoms with Gasteiger partial charge in [0.1, 0.15) is 5.54 Å². The van der Waals surface area contributed by atoms with Crippen molar-refractivity contribution in [1.29, 1.82) is 0 Å². The lowest BCUT2D eigenvalue weighted by atomic mass is 10.1. The van der Waals surface area contributed by atoms with Gasteiger partial charge in [-0.15, -0.1) is 0 Å². The van der Waals surface area contributed by atoms with Crippen LogP contribution in [0.4, 0.5) is 24.5 Å². The number of hydrogen-bond donors (Lipinski definition) is 5. The minimum Gasteiger partial charge on any atom is -0.478 e. The van der Waals surface area contributed by atoms with E-state index in [1.54, 1.807) is 0 Å². The van der Waals surface area contributed by atoms with Crippen LogP contribution >= 0.6 is 0 Å². The van der Waals surface area contributed by atoms with Crippen LogP contribution in [0.5, 0.6) is 0 Å². The van der Waals surface area contributed by atoms with Gasteiger partial charge in [-0.3, -0.25) is 19.6 Å². The van der Waals surface area contributed by atoms with E-state index in [-0.39, 0.29) is 23.5 Å². The largest absolute Gasteiger partial charge is 0.478 e. The maximum Gasteiger partial charge on any atom is 0.418 e. The lowest BCUT2D eigenvalue weighted by Gasteiger charge is -2.17. The molecule has 0 saturated heterocycles. The SMILES string of the molecule is C=CN=C/C(=C\N)C(=O)NC1(C(=O)NCc2ccc(Nc3ccc(C(=O)O)cc3C(F)(F)F)cn2)CC1. The first-order chi connectivity index (χ1) is 17.5. The second-order valence-electron chi connectivity index (χ2n) is 8.03. The molecule has 1 saturated carbocycles. The van der Waals surface area contributed by atoms with Crippen LogP contribution in [-0.4, -0.2) is 39.6 Å². The van der Waals surface area contributed by atoms with Gasteiger partial charge in [0.05, 0.1) is 46.5 Å². The number of carbonyl (C=O) groups is 3. The molecule has 1 aromatic carbocycles. The highest BCUT2D eigenvalue weighted by molar-refractivity contribution is 6.13. The van der Waals surface area contributed by atoms with Crippen molar-refractivity contribution in [3.8, 4) is 0 Å². The molecule has 0 spiro atoms. The first kappa shape index (κ1) is 26.9. The predicted molar refractivity (Wildman–Crippen MR) is 129 cm³/mol. The number of nitrogens with one attached hydrogen (secondary N) is 3. The minimum atomic E-state index is -4.78. The maximum absolute atomic E-state index is 13.4. The summed E-state index contributed by atoms with van der Waals surface area (Å²) in [6.07, 6.45) is 0.868. The third-order valence-electron chi connectivity index (χ3n) is 5.40. The number of aliphatic imine (C=N–C) groups is 1. The van der Waals surface area contributed by atoms with Crippen molar-refractivity contribution in [2.45, 2.75) is 31.1 Å². The van der Waals surface area contributed by atoms with Crippen molar-refractivity contribution < 1.29 is 32.7 Å². The average Bonchev–Trinajstić information content (AvgIpc) is 3.64. The molecular formula is C24H23F3N6O4. The van der Waals surface area contributed by atoms with E-state index in [2.05, 4.69) is 32.5 Å². The summed E-state index contributed by atoms with van der Waals surface area (Å²) in [6, 6.07) is 5.60. The normalized spacial score (nSPS) is 14.6. The molecule has 2 aromatic rings.